The van der Waals surface area contributed by atoms with Crippen molar-refractivity contribution in [3.05, 3.63) is 58.6 Å². The molecule has 2 amide bonds. The minimum Gasteiger partial charge on any atom is -0.496 e. The zero-order valence-electron chi connectivity index (χ0n) is 20.4. The minimum atomic E-state index is -0.347. The van der Waals surface area contributed by atoms with Crippen LogP contribution in [0.15, 0.2) is 42.5 Å². The zero-order valence-corrected chi connectivity index (χ0v) is 21.2. The number of nitrogens with one attached hydrogen (secondary N) is 2. The maximum Gasteiger partial charge on any atom is 0.259 e. The molecule has 4 rings (SSSR count). The van der Waals surface area contributed by atoms with Crippen LogP contribution < -0.4 is 21.1 Å². The summed E-state index contributed by atoms with van der Waals surface area (Å²) in [5.74, 6) is 1.57. The van der Waals surface area contributed by atoms with Gasteiger partial charge in [-0.2, -0.15) is 0 Å². The van der Waals surface area contributed by atoms with Crippen molar-refractivity contribution in [3.8, 4) is 5.75 Å². The Kier molecular flexibility index (Phi) is 8.69. The van der Waals surface area contributed by atoms with E-state index in [4.69, 9.17) is 22.1 Å². The molecule has 0 radical (unpaired) electrons. The fraction of sp³-hybridized carbons (Fsp3) is 0.500. The molecule has 0 unspecified atom stereocenters. The minimum absolute atomic E-state index is 0.140. The molecule has 0 aromatic heterocycles. The van der Waals surface area contributed by atoms with Crippen molar-refractivity contribution < 1.29 is 14.3 Å². The van der Waals surface area contributed by atoms with E-state index in [1.54, 1.807) is 42.5 Å². The summed E-state index contributed by atoms with van der Waals surface area (Å²) in [6, 6.07) is 12.5. The molecule has 0 spiro atoms. The van der Waals surface area contributed by atoms with Crippen LogP contribution in [0.25, 0.3) is 0 Å². The lowest BCUT2D eigenvalue weighted by Crippen LogP contribution is -2.38. The number of halogens is 1. The summed E-state index contributed by atoms with van der Waals surface area (Å²) < 4.78 is 5.27. The first-order chi connectivity index (χ1) is 16.9. The number of rotatable bonds is 7. The van der Waals surface area contributed by atoms with Gasteiger partial charge >= 0.3 is 0 Å². The number of carbonyl (C=O) groups excluding carboxylic acids is 2. The Morgan fingerprint density at radius 2 is 1.60 bits per heavy atom. The van der Waals surface area contributed by atoms with Gasteiger partial charge in [-0.3, -0.25) is 9.59 Å². The second kappa shape index (κ2) is 11.9. The SMILES string of the molecule is COc1ccccc1C(=O)Nc1cc(C(=O)NC2CCC(CC3CCC(N)CC3)CC2)ccc1Cl. The molecule has 2 aliphatic carbocycles. The standard InChI is InChI=1S/C28H36ClN3O3/c1-35-26-5-3-2-4-23(26)28(34)32-25-17-20(10-15-24(25)29)27(33)31-22-13-8-19(9-14-22)16-18-6-11-21(30)12-7-18/h2-5,10,15,17-19,21-22H,6-9,11-14,16,30H2,1H3,(H,31,33)(H,32,34). The molecule has 0 bridgehead atoms. The number of carbonyl (C=O) groups is 2. The predicted octanol–water partition coefficient (Wildman–Crippen LogP) is 5.80. The molecule has 2 aromatic carbocycles. The lowest BCUT2D eigenvalue weighted by atomic mass is 9.76. The summed E-state index contributed by atoms with van der Waals surface area (Å²) >= 11 is 6.32. The Labute approximate surface area is 212 Å². The van der Waals surface area contributed by atoms with Crippen LogP contribution in [-0.4, -0.2) is 31.0 Å². The van der Waals surface area contributed by atoms with Crippen LogP contribution in [0.3, 0.4) is 0 Å². The Balaban J connectivity index is 1.31. The van der Waals surface area contributed by atoms with E-state index in [2.05, 4.69) is 10.6 Å². The maximum absolute atomic E-state index is 13.0. The molecule has 2 fully saturated rings. The van der Waals surface area contributed by atoms with Crippen LogP contribution >= 0.6 is 11.6 Å². The summed E-state index contributed by atoms with van der Waals surface area (Å²) in [6.07, 6.45) is 10.5. The molecule has 7 heteroatoms. The second-order valence-electron chi connectivity index (χ2n) is 10.1. The Bertz CT molecular complexity index is 1030. The van der Waals surface area contributed by atoms with Gasteiger partial charge in [-0.25, -0.2) is 0 Å². The van der Waals surface area contributed by atoms with Gasteiger partial charge in [-0.15, -0.1) is 0 Å². The van der Waals surface area contributed by atoms with Crippen molar-refractivity contribution in [1.82, 2.24) is 5.32 Å². The summed E-state index contributed by atoms with van der Waals surface area (Å²) in [4.78, 5) is 25.7. The van der Waals surface area contributed by atoms with E-state index in [1.165, 1.54) is 39.2 Å². The molecule has 2 aromatic rings. The summed E-state index contributed by atoms with van der Waals surface area (Å²) in [6.45, 7) is 0. The number of para-hydroxylation sites is 1. The number of hydrogen-bond acceptors (Lipinski definition) is 4. The van der Waals surface area contributed by atoms with Crippen LogP contribution in [0, 0.1) is 11.8 Å². The van der Waals surface area contributed by atoms with Crippen LogP contribution in [0.1, 0.15) is 78.5 Å². The highest BCUT2D eigenvalue weighted by molar-refractivity contribution is 6.34. The molecule has 2 aliphatic rings. The van der Waals surface area contributed by atoms with E-state index in [0.29, 0.717) is 33.6 Å². The summed E-state index contributed by atoms with van der Waals surface area (Å²) in [7, 11) is 1.52. The van der Waals surface area contributed by atoms with Crippen LogP contribution in [0.5, 0.6) is 5.75 Å². The average Bonchev–Trinajstić information content (AvgIpc) is 2.87. The third-order valence-corrected chi connectivity index (χ3v) is 7.90. The quantitative estimate of drug-likeness (QED) is 0.450. The fourth-order valence-electron chi connectivity index (χ4n) is 5.49. The highest BCUT2D eigenvalue weighted by Crippen LogP contribution is 2.35. The van der Waals surface area contributed by atoms with Gasteiger partial charge in [0.1, 0.15) is 5.75 Å². The monoisotopic (exact) mass is 497 g/mol. The first-order valence-corrected chi connectivity index (χ1v) is 13.1. The third kappa shape index (κ3) is 6.77. The molecule has 0 atom stereocenters. The summed E-state index contributed by atoms with van der Waals surface area (Å²) in [5.41, 5.74) is 7.32. The Hall–Kier alpha value is -2.57. The fourth-order valence-corrected chi connectivity index (χ4v) is 5.66. The number of ether oxygens (including phenoxy) is 1. The molecular formula is C28H36ClN3O3. The van der Waals surface area contributed by atoms with Gasteiger partial charge < -0.3 is 21.1 Å². The molecule has 188 valence electrons. The van der Waals surface area contributed by atoms with E-state index in [0.717, 1.165) is 37.5 Å². The van der Waals surface area contributed by atoms with E-state index in [9.17, 15) is 9.59 Å². The first kappa shape index (κ1) is 25.5. The van der Waals surface area contributed by atoms with Crippen LogP contribution in [0.2, 0.25) is 5.02 Å². The molecular weight excluding hydrogens is 462 g/mol. The van der Waals surface area contributed by atoms with E-state index in [1.807, 2.05) is 0 Å². The largest absolute Gasteiger partial charge is 0.496 e. The molecule has 4 N–H and O–H groups in total. The van der Waals surface area contributed by atoms with Gasteiger partial charge in [0, 0.05) is 17.6 Å². The second-order valence-corrected chi connectivity index (χ2v) is 10.5. The van der Waals surface area contributed by atoms with Gasteiger partial charge in [0.2, 0.25) is 0 Å². The lowest BCUT2D eigenvalue weighted by Gasteiger charge is -2.33. The van der Waals surface area contributed by atoms with Gasteiger partial charge in [-0.1, -0.05) is 23.7 Å². The predicted molar refractivity (Wildman–Crippen MR) is 140 cm³/mol. The topological polar surface area (TPSA) is 93.4 Å². The van der Waals surface area contributed by atoms with E-state index < -0.39 is 0 Å². The van der Waals surface area contributed by atoms with Crippen LogP contribution in [0.4, 0.5) is 5.69 Å². The molecule has 0 heterocycles. The van der Waals surface area contributed by atoms with Crippen molar-refractivity contribution in [2.75, 3.05) is 12.4 Å². The van der Waals surface area contributed by atoms with Gasteiger partial charge in [0.25, 0.3) is 11.8 Å². The number of benzene rings is 2. The lowest BCUT2D eigenvalue weighted by molar-refractivity contribution is 0.0917. The Morgan fingerprint density at radius 1 is 0.943 bits per heavy atom. The molecule has 0 saturated heterocycles. The first-order valence-electron chi connectivity index (χ1n) is 12.7. The van der Waals surface area contributed by atoms with Crippen molar-refractivity contribution in [2.45, 2.75) is 69.9 Å². The summed E-state index contributed by atoms with van der Waals surface area (Å²) in [5, 5.41) is 6.36. The highest BCUT2D eigenvalue weighted by Gasteiger charge is 2.27. The number of hydrogen-bond donors (Lipinski definition) is 3. The number of nitrogens with two attached hydrogens (primary N) is 1. The van der Waals surface area contributed by atoms with Crippen molar-refractivity contribution in [2.24, 2.45) is 17.6 Å². The number of amides is 2. The van der Waals surface area contributed by atoms with Crippen molar-refractivity contribution in [1.29, 1.82) is 0 Å². The van der Waals surface area contributed by atoms with Crippen molar-refractivity contribution >= 4 is 29.1 Å². The Morgan fingerprint density at radius 3 is 2.29 bits per heavy atom. The van der Waals surface area contributed by atoms with E-state index >= 15 is 0 Å². The molecule has 2 saturated carbocycles. The van der Waals surface area contributed by atoms with Gasteiger partial charge in [-0.05, 0) is 100.0 Å². The van der Waals surface area contributed by atoms with Crippen LogP contribution in [-0.2, 0) is 0 Å². The van der Waals surface area contributed by atoms with E-state index in [-0.39, 0.29) is 17.9 Å². The third-order valence-electron chi connectivity index (χ3n) is 7.57. The smallest absolute Gasteiger partial charge is 0.259 e. The highest BCUT2D eigenvalue weighted by atomic mass is 35.5. The molecule has 0 aliphatic heterocycles. The zero-order chi connectivity index (χ0) is 24.8. The maximum atomic E-state index is 13.0. The average molecular weight is 498 g/mol. The van der Waals surface area contributed by atoms with Crippen molar-refractivity contribution in [3.63, 3.8) is 0 Å². The van der Waals surface area contributed by atoms with Gasteiger partial charge in [0.15, 0.2) is 0 Å². The molecule has 35 heavy (non-hydrogen) atoms. The normalized spacial score (nSPS) is 24.4. The number of anilines is 1. The molecule has 6 nitrogen and oxygen atoms in total. The number of methoxy groups -OCH3 is 1. The van der Waals surface area contributed by atoms with Gasteiger partial charge in [0.05, 0.1) is 23.4 Å².